The van der Waals surface area contributed by atoms with Gasteiger partial charge < -0.3 is 14.5 Å². The van der Waals surface area contributed by atoms with Gasteiger partial charge in [0.1, 0.15) is 0 Å². The summed E-state index contributed by atoms with van der Waals surface area (Å²) in [7, 11) is 1.81. The molecule has 0 spiro atoms. The van der Waals surface area contributed by atoms with E-state index in [0.717, 1.165) is 69.1 Å². The van der Waals surface area contributed by atoms with Gasteiger partial charge in [0.15, 0.2) is 0 Å². The predicted molar refractivity (Wildman–Crippen MR) is 130 cm³/mol. The van der Waals surface area contributed by atoms with Crippen molar-refractivity contribution in [3.63, 3.8) is 0 Å². The lowest BCUT2D eigenvalue weighted by Gasteiger charge is -2.33. The van der Waals surface area contributed by atoms with E-state index in [4.69, 9.17) is 4.74 Å². The van der Waals surface area contributed by atoms with Crippen LogP contribution < -0.4 is 9.80 Å². The molecule has 6 heteroatoms. The number of hydrogen-bond donors (Lipinski definition) is 0. The van der Waals surface area contributed by atoms with Crippen LogP contribution in [-0.2, 0) is 11.2 Å². The summed E-state index contributed by atoms with van der Waals surface area (Å²) in [5.41, 5.74) is 2.56. The number of fused-ring (bicyclic) bond motifs is 1. The van der Waals surface area contributed by atoms with Crippen molar-refractivity contribution in [1.82, 2.24) is 9.97 Å². The van der Waals surface area contributed by atoms with Crippen LogP contribution >= 0.6 is 11.8 Å². The van der Waals surface area contributed by atoms with Crippen LogP contribution in [0.25, 0.3) is 0 Å². The summed E-state index contributed by atoms with van der Waals surface area (Å²) in [4.78, 5) is 15.0. The maximum atomic E-state index is 5.38. The molecule has 0 bridgehead atoms. The van der Waals surface area contributed by atoms with Crippen LogP contribution in [0, 0.1) is 17.8 Å². The summed E-state index contributed by atoms with van der Waals surface area (Å²) in [6.07, 6.45) is 9.77. The van der Waals surface area contributed by atoms with E-state index >= 15 is 0 Å². The van der Waals surface area contributed by atoms with E-state index in [9.17, 15) is 0 Å². The van der Waals surface area contributed by atoms with E-state index < -0.39 is 0 Å². The summed E-state index contributed by atoms with van der Waals surface area (Å²) >= 11 is 1.79. The van der Waals surface area contributed by atoms with Crippen molar-refractivity contribution in [2.24, 2.45) is 17.8 Å². The Hall–Kier alpha value is -1.79. The number of thioether (sulfide) groups is 1. The second-order valence-corrected chi connectivity index (χ2v) is 9.84. The number of nitrogens with zero attached hydrogens (tertiary/aromatic N) is 4. The molecule has 5 nitrogen and oxygen atoms in total. The first-order valence-electron chi connectivity index (χ1n) is 11.6. The third kappa shape index (κ3) is 5.35. The first-order chi connectivity index (χ1) is 15.1. The minimum atomic E-state index is 0.460. The van der Waals surface area contributed by atoms with E-state index in [-0.39, 0.29) is 0 Å². The molecule has 2 unspecified atom stereocenters. The number of piperidine rings is 2. The molecule has 168 valence electrons. The van der Waals surface area contributed by atoms with Crippen LogP contribution in [0.4, 0.5) is 11.6 Å². The Labute approximate surface area is 191 Å². The fraction of sp³-hybridized carbons (Fsp3) is 0.600. The molecule has 31 heavy (non-hydrogen) atoms. The quantitative estimate of drug-likeness (QED) is 0.624. The number of hydrogen-bond acceptors (Lipinski definition) is 6. The van der Waals surface area contributed by atoms with Gasteiger partial charge in [-0.1, -0.05) is 13.8 Å². The molecule has 0 N–H and O–H groups in total. The highest BCUT2D eigenvalue weighted by molar-refractivity contribution is 7.98. The molecule has 1 aromatic carbocycles. The molecule has 3 aliphatic rings. The van der Waals surface area contributed by atoms with E-state index in [1.165, 1.54) is 16.1 Å². The Kier molecular flexibility index (Phi) is 7.39. The van der Waals surface area contributed by atoms with Crippen LogP contribution in [0.2, 0.25) is 0 Å². The average Bonchev–Trinajstić information content (AvgIpc) is 3.23. The topological polar surface area (TPSA) is 41.5 Å². The Bertz CT molecular complexity index is 808. The summed E-state index contributed by atoms with van der Waals surface area (Å²) < 4.78 is 5.38. The molecule has 3 fully saturated rings. The summed E-state index contributed by atoms with van der Waals surface area (Å²) in [5.74, 6) is 3.70. The van der Waals surface area contributed by atoms with Gasteiger partial charge in [0.05, 0.1) is 6.10 Å². The molecule has 2 saturated heterocycles. The summed E-state index contributed by atoms with van der Waals surface area (Å²) in [6, 6.07) is 8.84. The fourth-order valence-electron chi connectivity index (χ4n) is 4.82. The van der Waals surface area contributed by atoms with Gasteiger partial charge in [0.25, 0.3) is 0 Å². The number of anilines is 2. The maximum absolute atomic E-state index is 5.38. The highest BCUT2D eigenvalue weighted by atomic mass is 32.2. The van der Waals surface area contributed by atoms with Gasteiger partial charge >= 0.3 is 0 Å². The van der Waals surface area contributed by atoms with E-state index in [0.29, 0.717) is 6.10 Å². The minimum Gasteiger partial charge on any atom is -0.381 e. The molecule has 1 aromatic heterocycles. The first kappa shape index (κ1) is 22.4. The standard InChI is InChI=1S/C13H19NOS.C12H17N3/c1-15-12-7-9-14(10-8-12)11-3-5-13(16-2)6-4-11;1-3-9-4-13-12(14-5-9)15-6-10-8(2)11(10)7-15/h3-6,12H,7-10H2,1-2H3;4-5,8,10-11H,3,6-7H2,1-2H3. The molecule has 1 aliphatic carbocycles. The van der Waals surface area contributed by atoms with Gasteiger partial charge in [-0.05, 0) is 73.1 Å². The number of rotatable bonds is 5. The normalized spacial score (nSPS) is 25.1. The Morgan fingerprint density at radius 2 is 1.61 bits per heavy atom. The molecule has 5 rings (SSSR count). The second kappa shape index (κ2) is 10.2. The molecule has 2 atom stereocenters. The van der Waals surface area contributed by atoms with Gasteiger partial charge in [-0.2, -0.15) is 0 Å². The zero-order chi connectivity index (χ0) is 21.8. The number of benzene rings is 1. The molecule has 3 heterocycles. The van der Waals surface area contributed by atoms with E-state index in [1.807, 2.05) is 19.5 Å². The lowest BCUT2D eigenvalue weighted by molar-refractivity contribution is 0.0819. The zero-order valence-corrected chi connectivity index (χ0v) is 20.1. The Morgan fingerprint density at radius 3 is 2.13 bits per heavy atom. The maximum Gasteiger partial charge on any atom is 0.225 e. The molecular formula is C25H36N4OS. The number of ether oxygens (including phenoxy) is 1. The van der Waals surface area contributed by atoms with Crippen LogP contribution in [0.3, 0.4) is 0 Å². The third-order valence-electron chi connectivity index (χ3n) is 7.22. The van der Waals surface area contributed by atoms with Crippen molar-refractivity contribution in [1.29, 1.82) is 0 Å². The number of aromatic nitrogens is 2. The zero-order valence-electron chi connectivity index (χ0n) is 19.3. The van der Waals surface area contributed by atoms with Gasteiger partial charge in [0.2, 0.25) is 5.95 Å². The van der Waals surface area contributed by atoms with E-state index in [2.05, 4.69) is 64.1 Å². The van der Waals surface area contributed by atoms with Gasteiger partial charge in [-0.3, -0.25) is 0 Å². The van der Waals surface area contributed by atoms with Crippen molar-refractivity contribution in [2.45, 2.75) is 44.1 Å². The first-order valence-corrected chi connectivity index (χ1v) is 12.8. The summed E-state index contributed by atoms with van der Waals surface area (Å²) in [6.45, 7) is 9.03. The molecule has 0 amide bonds. The van der Waals surface area contributed by atoms with Crippen molar-refractivity contribution < 1.29 is 4.74 Å². The summed E-state index contributed by atoms with van der Waals surface area (Å²) in [5, 5.41) is 0. The monoisotopic (exact) mass is 440 g/mol. The highest BCUT2D eigenvalue weighted by Crippen LogP contribution is 2.51. The molecule has 1 saturated carbocycles. The van der Waals surface area contributed by atoms with Crippen LogP contribution in [0.5, 0.6) is 0 Å². The SMILES string of the molecule is CCc1cnc(N2CC3C(C)C3C2)nc1.COC1CCN(c2ccc(SC)cc2)CC1. The van der Waals surface area contributed by atoms with Crippen LogP contribution in [-0.4, -0.2) is 55.6 Å². The number of aryl methyl sites for hydroxylation is 1. The van der Waals surface area contributed by atoms with Gasteiger partial charge in [-0.15, -0.1) is 11.8 Å². The minimum absolute atomic E-state index is 0.460. The van der Waals surface area contributed by atoms with Crippen LogP contribution in [0.1, 0.15) is 32.3 Å². The van der Waals surface area contributed by atoms with Crippen molar-refractivity contribution in [2.75, 3.05) is 49.3 Å². The molecule has 2 aromatic rings. The van der Waals surface area contributed by atoms with Gasteiger partial charge in [-0.25, -0.2) is 9.97 Å². The Morgan fingerprint density at radius 1 is 1.00 bits per heavy atom. The largest absolute Gasteiger partial charge is 0.381 e. The Balaban J connectivity index is 0.000000149. The van der Waals surface area contributed by atoms with Crippen molar-refractivity contribution in [3.8, 4) is 0 Å². The van der Waals surface area contributed by atoms with Crippen molar-refractivity contribution >= 4 is 23.4 Å². The number of methoxy groups -OCH3 is 1. The molecule has 2 aliphatic heterocycles. The second-order valence-electron chi connectivity index (χ2n) is 8.96. The molecular weight excluding hydrogens is 404 g/mol. The molecule has 0 radical (unpaired) electrons. The predicted octanol–water partition coefficient (Wildman–Crippen LogP) is 4.76. The van der Waals surface area contributed by atoms with Gasteiger partial charge in [0, 0.05) is 56.3 Å². The highest BCUT2D eigenvalue weighted by Gasteiger charge is 2.53. The van der Waals surface area contributed by atoms with Crippen LogP contribution in [0.15, 0.2) is 41.6 Å². The third-order valence-corrected chi connectivity index (χ3v) is 7.96. The average molecular weight is 441 g/mol. The van der Waals surface area contributed by atoms with Crippen molar-refractivity contribution in [3.05, 3.63) is 42.2 Å². The van der Waals surface area contributed by atoms with E-state index in [1.54, 1.807) is 11.8 Å². The lowest BCUT2D eigenvalue weighted by Crippen LogP contribution is -2.36. The fourth-order valence-corrected chi connectivity index (χ4v) is 5.23. The lowest BCUT2D eigenvalue weighted by atomic mass is 10.1. The smallest absolute Gasteiger partial charge is 0.225 e.